The second-order valence-corrected chi connectivity index (χ2v) is 7.50. The molecule has 0 aliphatic heterocycles. The van der Waals surface area contributed by atoms with Crippen LogP contribution < -0.4 is 5.32 Å². The summed E-state index contributed by atoms with van der Waals surface area (Å²) in [6, 6.07) is 1.73. The summed E-state index contributed by atoms with van der Waals surface area (Å²) >= 11 is 3.15. The van der Waals surface area contributed by atoms with E-state index in [4.69, 9.17) is 4.74 Å². The zero-order valence-corrected chi connectivity index (χ0v) is 15.1. The average molecular weight is 385 g/mol. The van der Waals surface area contributed by atoms with E-state index in [1.807, 2.05) is 0 Å². The third kappa shape index (κ3) is 4.92. The van der Waals surface area contributed by atoms with Crippen LogP contribution in [0.3, 0.4) is 0 Å². The van der Waals surface area contributed by atoms with Gasteiger partial charge in [-0.2, -0.15) is 4.98 Å². The monoisotopic (exact) mass is 384 g/mol. The number of aromatic hydroxyl groups is 1. The number of ether oxygens (including phenoxy) is 1. The van der Waals surface area contributed by atoms with E-state index in [1.54, 1.807) is 20.8 Å². The number of carbonyl (C=O) groups is 2. The lowest BCUT2D eigenvalue weighted by Gasteiger charge is -2.27. The molecule has 0 spiro atoms. The summed E-state index contributed by atoms with van der Waals surface area (Å²) in [5.41, 5.74) is -0.370. The maximum Gasteiger partial charge on any atom is 0.314 e. The second-order valence-electron chi connectivity index (χ2n) is 6.65. The molecule has 0 radical (unpaired) electrons. The first kappa shape index (κ1) is 17.7. The maximum absolute atomic E-state index is 12.4. The van der Waals surface area contributed by atoms with E-state index in [-0.39, 0.29) is 23.9 Å². The molecular formula is C16H21BrN2O4. The van der Waals surface area contributed by atoms with E-state index in [9.17, 15) is 14.7 Å². The van der Waals surface area contributed by atoms with Crippen molar-refractivity contribution >= 4 is 33.5 Å². The van der Waals surface area contributed by atoms with Crippen LogP contribution in [-0.2, 0) is 9.53 Å². The summed E-state index contributed by atoms with van der Waals surface area (Å²) < 4.78 is 5.48. The van der Waals surface area contributed by atoms with Gasteiger partial charge in [-0.3, -0.25) is 9.59 Å². The minimum absolute atomic E-state index is 0.194. The number of hydrogen-bond donors (Lipinski definition) is 2. The van der Waals surface area contributed by atoms with Crippen molar-refractivity contribution in [3.05, 3.63) is 16.1 Å². The lowest BCUT2D eigenvalue weighted by molar-refractivity contribution is -0.153. The molecule has 7 heteroatoms. The molecule has 1 fully saturated rings. The number of halogens is 1. The molecule has 2 N–H and O–H groups in total. The van der Waals surface area contributed by atoms with Gasteiger partial charge in [0.2, 0.25) is 5.88 Å². The van der Waals surface area contributed by atoms with Crippen LogP contribution in [0.25, 0.3) is 0 Å². The van der Waals surface area contributed by atoms with Crippen molar-refractivity contribution in [1.29, 1.82) is 0 Å². The van der Waals surface area contributed by atoms with E-state index in [2.05, 4.69) is 26.2 Å². The van der Waals surface area contributed by atoms with Crippen molar-refractivity contribution in [1.82, 2.24) is 4.98 Å². The number of nitrogens with one attached hydrogen (secondary N) is 1. The number of esters is 1. The number of aromatic nitrogens is 1. The zero-order valence-electron chi connectivity index (χ0n) is 13.5. The smallest absolute Gasteiger partial charge is 0.314 e. The molecule has 0 amide bonds. The van der Waals surface area contributed by atoms with Crippen molar-refractivity contribution in [2.75, 3.05) is 5.32 Å². The first-order valence-corrected chi connectivity index (χ1v) is 8.36. The van der Waals surface area contributed by atoms with Gasteiger partial charge in [-0.25, -0.2) is 0 Å². The van der Waals surface area contributed by atoms with Crippen molar-refractivity contribution in [2.24, 2.45) is 0 Å². The van der Waals surface area contributed by atoms with Crippen LogP contribution in [0, 0.1) is 0 Å². The number of anilines is 1. The molecule has 1 aromatic heterocycles. The topological polar surface area (TPSA) is 88.5 Å². The van der Waals surface area contributed by atoms with Crippen molar-refractivity contribution in [3.8, 4) is 5.88 Å². The van der Waals surface area contributed by atoms with E-state index >= 15 is 0 Å². The molecule has 1 heterocycles. The predicted molar refractivity (Wildman–Crippen MR) is 89.7 cm³/mol. The molecule has 126 valence electrons. The van der Waals surface area contributed by atoms with Crippen molar-refractivity contribution in [2.45, 2.75) is 58.1 Å². The van der Waals surface area contributed by atoms with E-state index in [0.29, 0.717) is 10.3 Å². The van der Waals surface area contributed by atoms with Gasteiger partial charge in [0.15, 0.2) is 5.78 Å². The normalized spacial score (nSPS) is 15.0. The third-order valence-corrected chi connectivity index (χ3v) is 4.01. The SMILES string of the molecule is CC(C)(C)OC(=O)CC(=O)c1cc(Br)c(O)nc1NC1CCC1. The molecule has 0 aromatic carbocycles. The Kier molecular flexibility index (Phi) is 5.29. The van der Waals surface area contributed by atoms with Crippen molar-refractivity contribution in [3.63, 3.8) is 0 Å². The molecule has 1 aliphatic rings. The average Bonchev–Trinajstić information content (AvgIpc) is 2.34. The number of hydrogen-bond acceptors (Lipinski definition) is 6. The highest BCUT2D eigenvalue weighted by molar-refractivity contribution is 9.10. The number of rotatable bonds is 5. The fourth-order valence-corrected chi connectivity index (χ4v) is 2.47. The van der Waals surface area contributed by atoms with Gasteiger partial charge < -0.3 is 15.2 Å². The standard InChI is InChI=1S/C16H21BrN2O4/c1-16(2,3)23-13(21)8-12(20)10-7-11(17)15(22)19-14(10)18-9-5-4-6-9/h7,9H,4-6,8H2,1-3H3,(H2,18,19,22). The summed E-state index contributed by atoms with van der Waals surface area (Å²) in [5, 5.41) is 12.9. The van der Waals surface area contributed by atoms with Gasteiger partial charge in [0, 0.05) is 6.04 Å². The van der Waals surface area contributed by atoms with Crippen molar-refractivity contribution < 1.29 is 19.4 Å². The molecule has 6 nitrogen and oxygen atoms in total. The number of pyridine rings is 1. The summed E-state index contributed by atoms with van der Waals surface area (Å²) in [6.45, 7) is 5.24. The molecule has 0 atom stereocenters. The van der Waals surface area contributed by atoms with Gasteiger partial charge >= 0.3 is 5.97 Å². The van der Waals surface area contributed by atoms with Gasteiger partial charge in [0.05, 0.1) is 10.0 Å². The summed E-state index contributed by atoms with van der Waals surface area (Å²) in [5.74, 6) is -0.861. The minimum Gasteiger partial charge on any atom is -0.492 e. The second kappa shape index (κ2) is 6.86. The number of ketones is 1. The van der Waals surface area contributed by atoms with Crippen LogP contribution in [0.15, 0.2) is 10.5 Å². The summed E-state index contributed by atoms with van der Waals surface area (Å²) in [6.07, 6.45) is 2.76. The molecule has 0 saturated heterocycles. The molecule has 0 unspecified atom stereocenters. The zero-order chi connectivity index (χ0) is 17.2. The van der Waals surface area contributed by atoms with Gasteiger partial charge in [-0.15, -0.1) is 0 Å². The number of Topliss-reactive ketones (excluding diaryl/α,β-unsaturated/α-hetero) is 1. The Balaban J connectivity index is 2.17. The van der Waals surface area contributed by atoms with Crippen LogP contribution in [0.2, 0.25) is 0 Å². The first-order chi connectivity index (χ1) is 10.7. The Morgan fingerprint density at radius 2 is 2.09 bits per heavy atom. The molecular weight excluding hydrogens is 364 g/mol. The highest BCUT2D eigenvalue weighted by Crippen LogP contribution is 2.30. The largest absolute Gasteiger partial charge is 0.492 e. The predicted octanol–water partition coefficient (Wildman–Crippen LogP) is 3.43. The van der Waals surface area contributed by atoms with Gasteiger partial charge in [0.25, 0.3) is 0 Å². The van der Waals surface area contributed by atoms with Gasteiger partial charge in [-0.05, 0) is 62.0 Å². The minimum atomic E-state index is -0.641. The fourth-order valence-electron chi connectivity index (χ4n) is 2.15. The van der Waals surface area contributed by atoms with E-state index in [0.717, 1.165) is 19.3 Å². The Morgan fingerprint density at radius 1 is 1.43 bits per heavy atom. The Labute approximate surface area is 143 Å². The molecule has 2 rings (SSSR count). The maximum atomic E-state index is 12.4. The van der Waals surface area contributed by atoms with E-state index in [1.165, 1.54) is 6.07 Å². The molecule has 1 saturated carbocycles. The highest BCUT2D eigenvalue weighted by Gasteiger charge is 2.25. The number of carbonyl (C=O) groups excluding carboxylic acids is 2. The van der Waals surface area contributed by atoms with E-state index < -0.39 is 17.4 Å². The third-order valence-electron chi connectivity index (χ3n) is 3.43. The molecule has 23 heavy (non-hydrogen) atoms. The summed E-state index contributed by atoms with van der Waals surface area (Å²) in [4.78, 5) is 28.3. The molecule has 0 bridgehead atoms. The Bertz CT molecular complexity index is 621. The lowest BCUT2D eigenvalue weighted by Crippen LogP contribution is -2.29. The lowest BCUT2D eigenvalue weighted by atomic mass is 9.93. The van der Waals surface area contributed by atoms with Gasteiger partial charge in [0.1, 0.15) is 17.8 Å². The van der Waals surface area contributed by atoms with Crippen LogP contribution in [0.1, 0.15) is 56.8 Å². The van der Waals surface area contributed by atoms with Crippen LogP contribution in [-0.4, -0.2) is 33.5 Å². The highest BCUT2D eigenvalue weighted by atomic mass is 79.9. The molecule has 1 aliphatic carbocycles. The van der Waals surface area contributed by atoms with Crippen LogP contribution >= 0.6 is 15.9 Å². The first-order valence-electron chi connectivity index (χ1n) is 7.57. The number of nitrogens with zero attached hydrogens (tertiary/aromatic N) is 1. The summed E-state index contributed by atoms with van der Waals surface area (Å²) in [7, 11) is 0. The Morgan fingerprint density at radius 3 is 2.61 bits per heavy atom. The fraction of sp³-hybridized carbons (Fsp3) is 0.562. The Hall–Kier alpha value is -1.63. The van der Waals surface area contributed by atoms with Crippen LogP contribution in [0.5, 0.6) is 5.88 Å². The van der Waals surface area contributed by atoms with Gasteiger partial charge in [-0.1, -0.05) is 0 Å². The molecule has 1 aromatic rings. The van der Waals surface area contributed by atoms with Crippen LogP contribution in [0.4, 0.5) is 5.82 Å². The quantitative estimate of drug-likeness (QED) is 0.459.